The minimum atomic E-state index is -1.25. The second-order valence-corrected chi connectivity index (χ2v) is 10.6. The van der Waals surface area contributed by atoms with E-state index in [1.165, 1.54) is 13.8 Å². The SMILES string of the molecule is CCOC(=O)C(CCc1ccccc1)OC(C)=O.CCOC(=O)[C@@H](CCc1ccccc1)OC(C)=O.O=C(O)[C@@H](O)CCc1ccccc1. The maximum absolute atomic E-state index is 11.6. The Balaban J connectivity index is 0.000000373. The zero-order valence-electron chi connectivity index (χ0n) is 28.6. The molecule has 0 amide bonds. The van der Waals surface area contributed by atoms with Crippen LogP contribution in [-0.4, -0.2) is 71.6 Å². The number of carboxylic acids is 1. The molecular weight excluding hydrogens is 632 g/mol. The van der Waals surface area contributed by atoms with Crippen molar-refractivity contribution >= 4 is 29.8 Å². The number of esters is 4. The molecule has 0 saturated carbocycles. The third-order valence-corrected chi connectivity index (χ3v) is 6.63. The molecule has 0 aliphatic carbocycles. The summed E-state index contributed by atoms with van der Waals surface area (Å²) in [6.07, 6.45) is 0.166. The standard InChI is InChI=1S/2C14H18O4.C10H12O3/c2*1-3-17-14(16)13(18-11(2)15)10-9-12-7-5-4-6-8-12;11-9(10(12)13)7-6-8-4-2-1-3-5-8/h2*4-8,13H,3,9-10H2,1-2H3;1-5,9,11H,6-7H2,(H,12,13)/t13-;;9-/m1.0/s1. The molecular formula is C38H48O11. The summed E-state index contributed by atoms with van der Waals surface area (Å²) in [4.78, 5) is 55.4. The van der Waals surface area contributed by atoms with E-state index in [1.54, 1.807) is 13.8 Å². The minimum absolute atomic E-state index is 0.263. The van der Waals surface area contributed by atoms with E-state index in [0.717, 1.165) is 16.7 Å². The Morgan fingerprint density at radius 1 is 0.551 bits per heavy atom. The Morgan fingerprint density at radius 3 is 1.12 bits per heavy atom. The molecule has 11 nitrogen and oxygen atoms in total. The predicted molar refractivity (Wildman–Crippen MR) is 182 cm³/mol. The summed E-state index contributed by atoms with van der Waals surface area (Å²) in [6.45, 7) is 6.58. The number of rotatable bonds is 16. The van der Waals surface area contributed by atoms with Gasteiger partial charge in [0.05, 0.1) is 13.2 Å². The highest BCUT2D eigenvalue weighted by atomic mass is 16.6. The Hall–Kier alpha value is -5.03. The van der Waals surface area contributed by atoms with E-state index in [0.29, 0.717) is 32.1 Å². The van der Waals surface area contributed by atoms with Crippen LogP contribution in [0.2, 0.25) is 0 Å². The van der Waals surface area contributed by atoms with Crippen molar-refractivity contribution in [3.63, 3.8) is 0 Å². The van der Waals surface area contributed by atoms with Crippen LogP contribution in [0.1, 0.15) is 63.6 Å². The van der Waals surface area contributed by atoms with Crippen molar-refractivity contribution in [2.24, 2.45) is 0 Å². The summed E-state index contributed by atoms with van der Waals surface area (Å²) in [5, 5.41) is 17.4. The van der Waals surface area contributed by atoms with E-state index in [-0.39, 0.29) is 19.6 Å². The summed E-state index contributed by atoms with van der Waals surface area (Å²) in [7, 11) is 0. The average Bonchev–Trinajstić information content (AvgIpc) is 3.09. The number of carboxylic acid groups (broad SMARTS) is 1. The molecule has 3 rings (SSSR count). The normalized spacial score (nSPS) is 11.9. The van der Waals surface area contributed by atoms with Gasteiger partial charge in [-0.3, -0.25) is 9.59 Å². The van der Waals surface area contributed by atoms with Gasteiger partial charge in [-0.1, -0.05) is 91.0 Å². The first-order valence-corrected chi connectivity index (χ1v) is 16.2. The third-order valence-electron chi connectivity index (χ3n) is 6.63. The number of aryl methyl sites for hydroxylation is 3. The molecule has 0 fully saturated rings. The van der Waals surface area contributed by atoms with Crippen LogP contribution in [0.4, 0.5) is 0 Å². The summed E-state index contributed by atoms with van der Waals surface area (Å²) in [6, 6.07) is 29.0. The van der Waals surface area contributed by atoms with Crippen LogP contribution in [0.25, 0.3) is 0 Å². The minimum Gasteiger partial charge on any atom is -0.479 e. The zero-order chi connectivity index (χ0) is 36.4. The molecule has 0 aliphatic heterocycles. The lowest BCUT2D eigenvalue weighted by Gasteiger charge is -2.15. The second kappa shape index (κ2) is 25.0. The van der Waals surface area contributed by atoms with Gasteiger partial charge in [-0.05, 0) is 69.1 Å². The van der Waals surface area contributed by atoms with E-state index in [9.17, 15) is 24.0 Å². The smallest absolute Gasteiger partial charge is 0.347 e. The monoisotopic (exact) mass is 680 g/mol. The lowest BCUT2D eigenvalue weighted by Crippen LogP contribution is -2.29. The fraction of sp³-hybridized carbons (Fsp3) is 0.395. The van der Waals surface area contributed by atoms with Gasteiger partial charge in [-0.2, -0.15) is 0 Å². The van der Waals surface area contributed by atoms with Gasteiger partial charge in [0.15, 0.2) is 18.3 Å². The van der Waals surface area contributed by atoms with Crippen LogP contribution in [-0.2, 0) is 62.2 Å². The molecule has 11 heteroatoms. The van der Waals surface area contributed by atoms with Gasteiger partial charge in [0.1, 0.15) is 0 Å². The number of benzene rings is 3. The molecule has 0 heterocycles. The Labute approximate surface area is 288 Å². The lowest BCUT2D eigenvalue weighted by molar-refractivity contribution is -0.166. The molecule has 266 valence electrons. The van der Waals surface area contributed by atoms with E-state index in [4.69, 9.17) is 29.2 Å². The van der Waals surface area contributed by atoms with Gasteiger partial charge in [0.25, 0.3) is 0 Å². The van der Waals surface area contributed by atoms with Crippen molar-refractivity contribution in [2.45, 2.75) is 84.5 Å². The average molecular weight is 681 g/mol. The van der Waals surface area contributed by atoms with Crippen LogP contribution >= 0.6 is 0 Å². The molecule has 0 aliphatic rings. The molecule has 0 radical (unpaired) electrons. The second-order valence-electron chi connectivity index (χ2n) is 10.6. The first kappa shape index (κ1) is 42.0. The summed E-state index contributed by atoms with van der Waals surface area (Å²) >= 11 is 0. The van der Waals surface area contributed by atoms with Gasteiger partial charge < -0.3 is 29.2 Å². The van der Waals surface area contributed by atoms with Gasteiger partial charge in [0.2, 0.25) is 0 Å². The third kappa shape index (κ3) is 20.1. The number of hydrogen-bond acceptors (Lipinski definition) is 10. The molecule has 1 unspecified atom stereocenters. The van der Waals surface area contributed by atoms with Crippen LogP contribution < -0.4 is 0 Å². The number of ether oxygens (including phenoxy) is 4. The largest absolute Gasteiger partial charge is 0.479 e. The molecule has 3 atom stereocenters. The number of aliphatic hydroxyl groups is 1. The van der Waals surface area contributed by atoms with Crippen LogP contribution in [0.5, 0.6) is 0 Å². The van der Waals surface area contributed by atoms with Crippen molar-refractivity contribution in [2.75, 3.05) is 13.2 Å². The molecule has 0 saturated heterocycles. The van der Waals surface area contributed by atoms with E-state index < -0.39 is 48.2 Å². The highest BCUT2D eigenvalue weighted by molar-refractivity contribution is 5.79. The van der Waals surface area contributed by atoms with Gasteiger partial charge >= 0.3 is 29.8 Å². The summed E-state index contributed by atoms with van der Waals surface area (Å²) in [5.74, 6) is -3.06. The fourth-order valence-corrected chi connectivity index (χ4v) is 4.28. The molecule has 3 aromatic rings. The number of aliphatic carboxylic acids is 1. The van der Waals surface area contributed by atoms with Crippen molar-refractivity contribution in [3.8, 4) is 0 Å². The fourth-order valence-electron chi connectivity index (χ4n) is 4.28. The molecule has 0 bridgehead atoms. The summed E-state index contributed by atoms with van der Waals surface area (Å²) < 4.78 is 19.7. The Bertz CT molecular complexity index is 1300. The molecule has 0 aromatic heterocycles. The molecule has 3 aromatic carbocycles. The van der Waals surface area contributed by atoms with Crippen molar-refractivity contribution < 1.29 is 53.1 Å². The number of hydrogen-bond donors (Lipinski definition) is 2. The van der Waals surface area contributed by atoms with E-state index >= 15 is 0 Å². The highest BCUT2D eigenvalue weighted by Crippen LogP contribution is 2.11. The van der Waals surface area contributed by atoms with Crippen LogP contribution in [0.15, 0.2) is 91.0 Å². The zero-order valence-corrected chi connectivity index (χ0v) is 28.6. The molecule has 49 heavy (non-hydrogen) atoms. The predicted octanol–water partition coefficient (Wildman–Crippen LogP) is 5.29. The quantitative estimate of drug-likeness (QED) is 0.149. The van der Waals surface area contributed by atoms with Crippen molar-refractivity contribution in [3.05, 3.63) is 108 Å². The maximum Gasteiger partial charge on any atom is 0.347 e. The van der Waals surface area contributed by atoms with Gasteiger partial charge in [-0.15, -0.1) is 0 Å². The van der Waals surface area contributed by atoms with Gasteiger partial charge in [-0.25, -0.2) is 14.4 Å². The number of aliphatic hydroxyl groups excluding tert-OH is 1. The van der Waals surface area contributed by atoms with Crippen molar-refractivity contribution in [1.29, 1.82) is 0 Å². The van der Waals surface area contributed by atoms with E-state index in [1.807, 2.05) is 91.0 Å². The van der Waals surface area contributed by atoms with Crippen LogP contribution in [0.3, 0.4) is 0 Å². The first-order chi connectivity index (χ1) is 23.5. The number of carbonyl (C=O) groups is 5. The topological polar surface area (TPSA) is 163 Å². The Kier molecular flexibility index (Phi) is 21.5. The highest BCUT2D eigenvalue weighted by Gasteiger charge is 2.23. The van der Waals surface area contributed by atoms with Crippen LogP contribution in [0, 0.1) is 0 Å². The number of carbonyl (C=O) groups excluding carboxylic acids is 4. The van der Waals surface area contributed by atoms with E-state index in [2.05, 4.69) is 0 Å². The molecule has 0 spiro atoms. The Morgan fingerprint density at radius 2 is 0.857 bits per heavy atom. The van der Waals surface area contributed by atoms with Crippen molar-refractivity contribution in [1.82, 2.24) is 0 Å². The first-order valence-electron chi connectivity index (χ1n) is 16.2. The lowest BCUT2D eigenvalue weighted by atomic mass is 10.1. The molecule has 2 N–H and O–H groups in total. The maximum atomic E-state index is 11.6. The summed E-state index contributed by atoms with van der Waals surface area (Å²) in [5.41, 5.74) is 3.24. The van der Waals surface area contributed by atoms with Gasteiger partial charge in [0, 0.05) is 13.8 Å².